The van der Waals surface area contributed by atoms with Crippen molar-refractivity contribution in [3.05, 3.63) is 33.2 Å². The Hall–Kier alpha value is -1.14. The Balaban J connectivity index is 1.93. The van der Waals surface area contributed by atoms with Gasteiger partial charge in [0.05, 0.1) is 0 Å². The molecule has 1 fully saturated rings. The Labute approximate surface area is 120 Å². The predicted octanol–water partition coefficient (Wildman–Crippen LogP) is 0.821. The van der Waals surface area contributed by atoms with Gasteiger partial charge in [-0.25, -0.2) is 0 Å². The van der Waals surface area contributed by atoms with Crippen molar-refractivity contribution in [2.24, 2.45) is 0 Å². The van der Waals surface area contributed by atoms with Crippen LogP contribution in [0.2, 0.25) is 0 Å². The summed E-state index contributed by atoms with van der Waals surface area (Å²) in [6, 6.07) is 3.55. The number of halogens is 1. The summed E-state index contributed by atoms with van der Waals surface area (Å²) in [5.41, 5.74) is -0.0790. The van der Waals surface area contributed by atoms with E-state index in [1.165, 1.54) is 6.07 Å². The summed E-state index contributed by atoms with van der Waals surface area (Å²) in [6.45, 7) is 4.82. The molecule has 6 heteroatoms. The van der Waals surface area contributed by atoms with E-state index in [9.17, 15) is 9.59 Å². The third kappa shape index (κ3) is 3.91. The van der Waals surface area contributed by atoms with Crippen molar-refractivity contribution in [2.45, 2.75) is 25.9 Å². The van der Waals surface area contributed by atoms with Crippen LogP contribution in [-0.4, -0.2) is 41.1 Å². The average molecular weight is 328 g/mol. The molecule has 1 aromatic rings. The Morgan fingerprint density at radius 1 is 1.53 bits per heavy atom. The second-order valence-electron chi connectivity index (χ2n) is 4.82. The number of piperazine rings is 1. The molecule has 2 rings (SSSR count). The lowest BCUT2D eigenvalue weighted by Gasteiger charge is -2.32. The maximum absolute atomic E-state index is 12.1. The summed E-state index contributed by atoms with van der Waals surface area (Å²) in [4.78, 5) is 25.6. The molecule has 1 aromatic heterocycles. The van der Waals surface area contributed by atoms with Crippen molar-refractivity contribution < 1.29 is 4.79 Å². The molecule has 19 heavy (non-hydrogen) atoms. The number of aryl methyl sites for hydroxylation is 1. The van der Waals surface area contributed by atoms with Crippen molar-refractivity contribution in [2.75, 3.05) is 19.6 Å². The summed E-state index contributed by atoms with van der Waals surface area (Å²) in [6.07, 6.45) is 2.08. The standard InChI is InChI=1S/C13H18BrN3O2/c1-10-8-17(7-5-15-10)13(19)4-6-16-9-11(14)2-3-12(16)18/h2-3,9-10,15H,4-8H2,1H3/t10-/m1/s1. The van der Waals surface area contributed by atoms with Crippen LogP contribution in [0.15, 0.2) is 27.6 Å². The fraction of sp³-hybridized carbons (Fsp3) is 0.538. The second kappa shape index (κ2) is 6.34. The first-order valence-electron chi connectivity index (χ1n) is 6.43. The predicted molar refractivity (Wildman–Crippen MR) is 77.1 cm³/mol. The molecule has 1 N–H and O–H groups in total. The molecule has 0 unspecified atom stereocenters. The Bertz CT molecular complexity index is 515. The van der Waals surface area contributed by atoms with Gasteiger partial charge >= 0.3 is 0 Å². The van der Waals surface area contributed by atoms with E-state index in [2.05, 4.69) is 28.2 Å². The monoisotopic (exact) mass is 327 g/mol. The quantitative estimate of drug-likeness (QED) is 0.894. The number of aromatic nitrogens is 1. The smallest absolute Gasteiger partial charge is 0.250 e. The minimum Gasteiger partial charge on any atom is -0.340 e. The number of nitrogens with zero attached hydrogens (tertiary/aromatic N) is 2. The summed E-state index contributed by atoms with van der Waals surface area (Å²) in [5.74, 6) is 0.111. The number of pyridine rings is 1. The molecule has 0 bridgehead atoms. The van der Waals surface area contributed by atoms with E-state index in [4.69, 9.17) is 0 Å². The van der Waals surface area contributed by atoms with Crippen LogP contribution >= 0.6 is 15.9 Å². The molecule has 104 valence electrons. The van der Waals surface area contributed by atoms with E-state index in [0.29, 0.717) is 19.0 Å². The normalized spacial score (nSPS) is 19.5. The van der Waals surface area contributed by atoms with Gasteiger partial charge in [-0.05, 0) is 28.9 Å². The van der Waals surface area contributed by atoms with Crippen LogP contribution in [0.5, 0.6) is 0 Å². The Morgan fingerprint density at radius 3 is 3.05 bits per heavy atom. The summed E-state index contributed by atoms with van der Waals surface area (Å²) >= 11 is 3.32. The maximum atomic E-state index is 12.1. The van der Waals surface area contributed by atoms with Gasteiger partial charge in [0.2, 0.25) is 5.91 Å². The maximum Gasteiger partial charge on any atom is 0.250 e. The number of carbonyl (C=O) groups excluding carboxylic acids is 1. The van der Waals surface area contributed by atoms with Gasteiger partial charge in [0.25, 0.3) is 5.56 Å². The summed E-state index contributed by atoms with van der Waals surface area (Å²) < 4.78 is 2.41. The van der Waals surface area contributed by atoms with Crippen LogP contribution in [-0.2, 0) is 11.3 Å². The van der Waals surface area contributed by atoms with Crippen LogP contribution in [0.4, 0.5) is 0 Å². The van der Waals surface area contributed by atoms with Gasteiger partial charge < -0.3 is 14.8 Å². The topological polar surface area (TPSA) is 54.3 Å². The molecule has 0 aromatic carbocycles. The fourth-order valence-electron chi connectivity index (χ4n) is 2.21. The van der Waals surface area contributed by atoms with Gasteiger partial charge in [0, 0.05) is 55.4 Å². The number of hydrogen-bond acceptors (Lipinski definition) is 3. The first kappa shape index (κ1) is 14.3. The molecule has 1 atom stereocenters. The van der Waals surface area contributed by atoms with E-state index in [1.54, 1.807) is 16.8 Å². The molecular formula is C13H18BrN3O2. The molecular weight excluding hydrogens is 310 g/mol. The fourth-order valence-corrected chi connectivity index (χ4v) is 2.59. The minimum absolute atomic E-state index is 0.0790. The zero-order valence-electron chi connectivity index (χ0n) is 10.9. The molecule has 0 aliphatic carbocycles. The van der Waals surface area contributed by atoms with Crippen molar-refractivity contribution in [1.82, 2.24) is 14.8 Å². The van der Waals surface area contributed by atoms with Gasteiger partial charge in [0.1, 0.15) is 0 Å². The molecule has 1 saturated heterocycles. The minimum atomic E-state index is -0.0790. The number of carbonyl (C=O) groups is 1. The van der Waals surface area contributed by atoms with Crippen LogP contribution in [0.1, 0.15) is 13.3 Å². The van der Waals surface area contributed by atoms with Crippen molar-refractivity contribution >= 4 is 21.8 Å². The highest BCUT2D eigenvalue weighted by Gasteiger charge is 2.19. The van der Waals surface area contributed by atoms with Crippen molar-refractivity contribution in [3.63, 3.8) is 0 Å². The lowest BCUT2D eigenvalue weighted by Crippen LogP contribution is -2.51. The number of hydrogen-bond donors (Lipinski definition) is 1. The largest absolute Gasteiger partial charge is 0.340 e. The molecule has 5 nitrogen and oxygen atoms in total. The molecule has 1 aliphatic rings. The third-order valence-electron chi connectivity index (χ3n) is 3.24. The number of amides is 1. The van der Waals surface area contributed by atoms with Crippen LogP contribution in [0.25, 0.3) is 0 Å². The van der Waals surface area contributed by atoms with E-state index < -0.39 is 0 Å². The first-order chi connectivity index (χ1) is 9.06. The molecule has 0 radical (unpaired) electrons. The van der Waals surface area contributed by atoms with Gasteiger partial charge in [-0.2, -0.15) is 0 Å². The van der Waals surface area contributed by atoms with Gasteiger partial charge in [-0.1, -0.05) is 0 Å². The molecule has 0 spiro atoms. The zero-order valence-corrected chi connectivity index (χ0v) is 12.5. The molecule has 1 aliphatic heterocycles. The Morgan fingerprint density at radius 2 is 2.32 bits per heavy atom. The highest BCUT2D eigenvalue weighted by molar-refractivity contribution is 9.10. The first-order valence-corrected chi connectivity index (χ1v) is 7.23. The van der Waals surface area contributed by atoms with Crippen molar-refractivity contribution in [3.8, 4) is 0 Å². The third-order valence-corrected chi connectivity index (χ3v) is 3.70. The SMILES string of the molecule is C[C@@H]1CN(C(=O)CCn2cc(Br)ccc2=O)CCN1. The molecule has 1 amide bonds. The van der Waals surface area contributed by atoms with E-state index >= 15 is 0 Å². The van der Waals surface area contributed by atoms with Gasteiger partial charge in [0.15, 0.2) is 0 Å². The zero-order chi connectivity index (χ0) is 13.8. The number of nitrogens with one attached hydrogen (secondary N) is 1. The van der Waals surface area contributed by atoms with Crippen molar-refractivity contribution in [1.29, 1.82) is 0 Å². The Kier molecular flexibility index (Phi) is 4.76. The lowest BCUT2D eigenvalue weighted by atomic mass is 10.2. The number of rotatable bonds is 3. The second-order valence-corrected chi connectivity index (χ2v) is 5.74. The molecule has 2 heterocycles. The van der Waals surface area contributed by atoms with Crippen LogP contribution in [0.3, 0.4) is 0 Å². The van der Waals surface area contributed by atoms with Crippen LogP contribution < -0.4 is 10.9 Å². The summed E-state index contributed by atoms with van der Waals surface area (Å²) in [5, 5.41) is 3.30. The van der Waals surface area contributed by atoms with E-state index in [0.717, 1.165) is 24.1 Å². The average Bonchev–Trinajstić information content (AvgIpc) is 2.39. The summed E-state index contributed by atoms with van der Waals surface area (Å²) in [7, 11) is 0. The lowest BCUT2D eigenvalue weighted by molar-refractivity contribution is -0.132. The van der Waals surface area contributed by atoms with E-state index in [-0.39, 0.29) is 11.5 Å². The highest BCUT2D eigenvalue weighted by atomic mass is 79.9. The molecule has 0 saturated carbocycles. The highest BCUT2D eigenvalue weighted by Crippen LogP contribution is 2.06. The van der Waals surface area contributed by atoms with E-state index in [1.807, 2.05) is 4.90 Å². The van der Waals surface area contributed by atoms with Gasteiger partial charge in [-0.15, -0.1) is 0 Å². The van der Waals surface area contributed by atoms with Gasteiger partial charge in [-0.3, -0.25) is 9.59 Å². The van der Waals surface area contributed by atoms with Crippen LogP contribution in [0, 0.1) is 0 Å².